The molecule has 2 aromatic carbocycles. The van der Waals surface area contributed by atoms with Gasteiger partial charge in [0, 0.05) is 5.46 Å². The van der Waals surface area contributed by atoms with Gasteiger partial charge in [0.2, 0.25) is 0 Å². The lowest BCUT2D eigenvalue weighted by Crippen LogP contribution is -2.41. The molecule has 3 rings (SSSR count). The lowest BCUT2D eigenvalue weighted by molar-refractivity contribution is 0.00578. The lowest BCUT2D eigenvalue weighted by atomic mass is 9.73. The molecule has 4 heteroatoms. The molecule has 1 saturated heterocycles. The zero-order valence-corrected chi connectivity index (χ0v) is 12.8. The monoisotopic (exact) mass is 279 g/mol. The fraction of sp³-hybridized carbons (Fsp3) is 0.353. The predicted molar refractivity (Wildman–Crippen MR) is 84.4 cm³/mol. The van der Waals surface area contributed by atoms with E-state index in [2.05, 4.69) is 6.07 Å². The summed E-state index contributed by atoms with van der Waals surface area (Å²) < 4.78 is 12.3. The molecule has 0 bridgehead atoms. The highest BCUT2D eigenvalue weighted by atomic mass is 16.7. The third-order valence-electron chi connectivity index (χ3n) is 4.58. The maximum atomic E-state index is 9.44. The number of nitriles is 1. The zero-order chi connectivity index (χ0) is 15.3. The molecular weight excluding hydrogens is 261 g/mol. The molecule has 106 valence electrons. The molecule has 0 saturated carbocycles. The van der Waals surface area contributed by atoms with Gasteiger partial charge in [0.15, 0.2) is 0 Å². The molecule has 0 amide bonds. The van der Waals surface area contributed by atoms with Gasteiger partial charge in [0.25, 0.3) is 0 Å². The summed E-state index contributed by atoms with van der Waals surface area (Å²) in [7, 11) is -0.518. The molecule has 0 unspecified atom stereocenters. The highest BCUT2D eigenvalue weighted by Crippen LogP contribution is 2.37. The van der Waals surface area contributed by atoms with Crippen molar-refractivity contribution >= 4 is 23.4 Å². The molecule has 0 radical (unpaired) electrons. The second-order valence-corrected chi connectivity index (χ2v) is 6.45. The normalized spacial score (nSPS) is 19.7. The van der Waals surface area contributed by atoms with Crippen molar-refractivity contribution in [2.24, 2.45) is 0 Å². The van der Waals surface area contributed by atoms with Crippen LogP contribution in [0.15, 0.2) is 36.4 Å². The summed E-state index contributed by atoms with van der Waals surface area (Å²) in [4.78, 5) is 0. The number of hydrogen-bond donors (Lipinski definition) is 0. The van der Waals surface area contributed by atoms with Crippen LogP contribution in [0.3, 0.4) is 0 Å². The van der Waals surface area contributed by atoms with Crippen LogP contribution in [-0.4, -0.2) is 18.3 Å². The van der Waals surface area contributed by atoms with Crippen molar-refractivity contribution in [2.45, 2.75) is 38.9 Å². The summed E-state index contributed by atoms with van der Waals surface area (Å²) in [5.74, 6) is 0. The van der Waals surface area contributed by atoms with Crippen LogP contribution in [0.25, 0.3) is 10.8 Å². The van der Waals surface area contributed by atoms with Crippen molar-refractivity contribution in [3.8, 4) is 6.07 Å². The zero-order valence-electron chi connectivity index (χ0n) is 12.8. The van der Waals surface area contributed by atoms with Crippen molar-refractivity contribution in [1.29, 1.82) is 5.26 Å². The maximum Gasteiger partial charge on any atom is 0.496 e. The Kier molecular flexibility index (Phi) is 3.09. The Bertz CT molecular complexity index is 730. The highest BCUT2D eigenvalue weighted by Gasteiger charge is 2.52. The third kappa shape index (κ3) is 2.14. The van der Waals surface area contributed by atoms with E-state index in [-0.39, 0.29) is 0 Å². The van der Waals surface area contributed by atoms with Gasteiger partial charge in [-0.25, -0.2) is 0 Å². The van der Waals surface area contributed by atoms with Crippen LogP contribution in [0.2, 0.25) is 0 Å². The smallest absolute Gasteiger partial charge is 0.399 e. The van der Waals surface area contributed by atoms with Crippen LogP contribution in [-0.2, 0) is 9.31 Å². The molecule has 0 aliphatic carbocycles. The van der Waals surface area contributed by atoms with Gasteiger partial charge in [-0.1, -0.05) is 30.3 Å². The van der Waals surface area contributed by atoms with Crippen LogP contribution in [0.5, 0.6) is 0 Å². The van der Waals surface area contributed by atoms with Gasteiger partial charge in [-0.05, 0) is 44.5 Å². The molecule has 1 fully saturated rings. The highest BCUT2D eigenvalue weighted by molar-refractivity contribution is 6.66. The lowest BCUT2D eigenvalue weighted by Gasteiger charge is -2.32. The average molecular weight is 279 g/mol. The number of benzene rings is 2. The Labute approximate surface area is 125 Å². The van der Waals surface area contributed by atoms with Crippen molar-refractivity contribution in [3.05, 3.63) is 42.0 Å². The molecule has 1 aliphatic rings. The van der Waals surface area contributed by atoms with E-state index in [4.69, 9.17) is 9.31 Å². The molecule has 0 N–H and O–H groups in total. The van der Waals surface area contributed by atoms with Crippen LogP contribution in [0.4, 0.5) is 0 Å². The molecule has 0 atom stereocenters. The van der Waals surface area contributed by atoms with Crippen LogP contribution < -0.4 is 5.46 Å². The molecule has 2 aromatic rings. The van der Waals surface area contributed by atoms with Gasteiger partial charge < -0.3 is 9.31 Å². The van der Waals surface area contributed by atoms with E-state index in [0.29, 0.717) is 5.56 Å². The Morgan fingerprint density at radius 2 is 1.57 bits per heavy atom. The molecule has 0 spiro atoms. The van der Waals surface area contributed by atoms with E-state index in [1.165, 1.54) is 0 Å². The summed E-state index contributed by atoms with van der Waals surface area (Å²) in [6.07, 6.45) is 0. The summed E-state index contributed by atoms with van der Waals surface area (Å²) in [5, 5.41) is 11.5. The van der Waals surface area contributed by atoms with E-state index in [1.807, 2.05) is 64.1 Å². The number of nitrogens with zero attached hydrogens (tertiary/aromatic N) is 1. The third-order valence-corrected chi connectivity index (χ3v) is 4.58. The molecule has 0 aromatic heterocycles. The van der Waals surface area contributed by atoms with Crippen molar-refractivity contribution < 1.29 is 9.31 Å². The topological polar surface area (TPSA) is 42.2 Å². The minimum absolute atomic E-state index is 0.415. The summed E-state index contributed by atoms with van der Waals surface area (Å²) in [6.45, 7) is 8.07. The van der Waals surface area contributed by atoms with Crippen LogP contribution in [0, 0.1) is 11.3 Å². The standard InChI is InChI=1S/C17H18BNO2/c1-16(2)17(3,4)21-18(20-16)15-13(11-19)10-9-12-7-5-6-8-14(12)15/h5-10H,1-4H3. The fourth-order valence-electron chi connectivity index (χ4n) is 2.61. The second kappa shape index (κ2) is 4.59. The summed E-state index contributed by atoms with van der Waals surface area (Å²) in [5.41, 5.74) is 0.601. The quantitative estimate of drug-likeness (QED) is 0.753. The minimum atomic E-state index is -0.518. The Balaban J connectivity index is 2.19. The first-order valence-corrected chi connectivity index (χ1v) is 7.13. The minimum Gasteiger partial charge on any atom is -0.399 e. The summed E-state index contributed by atoms with van der Waals surface area (Å²) >= 11 is 0. The first-order chi connectivity index (χ1) is 9.86. The van der Waals surface area contributed by atoms with Gasteiger partial charge in [-0.2, -0.15) is 5.26 Å². The van der Waals surface area contributed by atoms with Gasteiger partial charge in [-0.15, -0.1) is 0 Å². The number of fused-ring (bicyclic) bond motifs is 1. The van der Waals surface area contributed by atoms with Gasteiger partial charge >= 0.3 is 7.12 Å². The molecule has 1 heterocycles. The SMILES string of the molecule is CC1(C)OB(c2c(C#N)ccc3ccccc23)OC1(C)C. The second-order valence-electron chi connectivity index (χ2n) is 6.45. The Hall–Kier alpha value is -1.83. The summed E-state index contributed by atoms with van der Waals surface area (Å²) in [6, 6.07) is 14.1. The van der Waals surface area contributed by atoms with Gasteiger partial charge in [0.05, 0.1) is 22.8 Å². The van der Waals surface area contributed by atoms with Crippen molar-refractivity contribution in [1.82, 2.24) is 0 Å². The largest absolute Gasteiger partial charge is 0.496 e. The number of rotatable bonds is 1. The van der Waals surface area contributed by atoms with E-state index >= 15 is 0 Å². The molecule has 1 aliphatic heterocycles. The Morgan fingerprint density at radius 3 is 2.19 bits per heavy atom. The fourth-order valence-corrected chi connectivity index (χ4v) is 2.61. The molecular formula is C17H18BNO2. The van der Waals surface area contributed by atoms with Crippen LogP contribution >= 0.6 is 0 Å². The average Bonchev–Trinajstić information content (AvgIpc) is 2.65. The first-order valence-electron chi connectivity index (χ1n) is 7.13. The molecule has 21 heavy (non-hydrogen) atoms. The first kappa shape index (κ1) is 14.1. The van der Waals surface area contributed by atoms with Crippen LogP contribution in [0.1, 0.15) is 33.3 Å². The van der Waals surface area contributed by atoms with Crippen molar-refractivity contribution in [3.63, 3.8) is 0 Å². The van der Waals surface area contributed by atoms with E-state index < -0.39 is 18.3 Å². The predicted octanol–water partition coefficient (Wildman–Crippen LogP) is 3.01. The number of hydrogen-bond acceptors (Lipinski definition) is 3. The van der Waals surface area contributed by atoms with Gasteiger partial charge in [0.1, 0.15) is 0 Å². The van der Waals surface area contributed by atoms with Crippen molar-refractivity contribution in [2.75, 3.05) is 0 Å². The Morgan fingerprint density at radius 1 is 0.952 bits per heavy atom. The van der Waals surface area contributed by atoms with E-state index in [9.17, 15) is 5.26 Å². The molecule has 3 nitrogen and oxygen atoms in total. The van der Waals surface area contributed by atoms with E-state index in [0.717, 1.165) is 16.2 Å². The van der Waals surface area contributed by atoms with Gasteiger partial charge in [-0.3, -0.25) is 0 Å². The van der Waals surface area contributed by atoms with E-state index in [1.54, 1.807) is 0 Å². The maximum absolute atomic E-state index is 9.44.